The lowest BCUT2D eigenvalue weighted by atomic mass is 9.82. The quantitative estimate of drug-likeness (QED) is 0.639. The summed E-state index contributed by atoms with van der Waals surface area (Å²) in [5, 5.41) is 9.92. The van der Waals surface area contributed by atoms with Gasteiger partial charge in [-0.2, -0.15) is 22.0 Å². The average molecular weight is 290 g/mol. The van der Waals surface area contributed by atoms with E-state index in [1.54, 1.807) is 0 Å². The fraction of sp³-hybridized carbons (Fsp3) is 0.909. The molecule has 0 spiro atoms. The molecular formula is C11H15F5O3. The third-order valence-corrected chi connectivity index (χ3v) is 3.09. The Labute approximate surface area is 106 Å². The van der Waals surface area contributed by atoms with Crippen LogP contribution in [0.4, 0.5) is 22.0 Å². The van der Waals surface area contributed by atoms with Gasteiger partial charge in [0.25, 0.3) is 0 Å². The van der Waals surface area contributed by atoms with Gasteiger partial charge in [-0.1, -0.05) is 19.3 Å². The molecule has 0 radical (unpaired) electrons. The van der Waals surface area contributed by atoms with Gasteiger partial charge in [0.05, 0.1) is 12.0 Å². The Morgan fingerprint density at radius 1 is 1.11 bits per heavy atom. The topological polar surface area (TPSA) is 46.5 Å². The molecule has 0 heterocycles. The Balaban J connectivity index is 2.44. The first kappa shape index (κ1) is 16.1. The molecule has 0 unspecified atom stereocenters. The zero-order chi connectivity index (χ0) is 14.7. The minimum absolute atomic E-state index is 0.317. The molecule has 1 fully saturated rings. The highest BCUT2D eigenvalue weighted by Crippen LogP contribution is 2.36. The molecule has 1 saturated carbocycles. The van der Waals surface area contributed by atoms with Gasteiger partial charge in [-0.15, -0.1) is 0 Å². The normalized spacial score (nSPS) is 20.1. The third kappa shape index (κ3) is 4.59. The van der Waals surface area contributed by atoms with Gasteiger partial charge in [-0.05, 0) is 12.8 Å². The lowest BCUT2D eigenvalue weighted by molar-refractivity contribution is -0.294. The number of carbonyl (C=O) groups excluding carboxylic acids is 1. The van der Waals surface area contributed by atoms with Crippen LogP contribution < -0.4 is 0 Å². The number of carbonyl (C=O) groups is 1. The number of aliphatic hydroxyl groups is 1. The van der Waals surface area contributed by atoms with Gasteiger partial charge in [0.15, 0.2) is 6.61 Å². The predicted molar refractivity (Wildman–Crippen MR) is 54.6 cm³/mol. The number of rotatable bonds is 4. The largest absolute Gasteiger partial charge is 0.459 e. The molecule has 0 bridgehead atoms. The molecule has 3 nitrogen and oxygen atoms in total. The second-order valence-corrected chi connectivity index (χ2v) is 4.82. The van der Waals surface area contributed by atoms with E-state index >= 15 is 0 Å². The molecule has 0 aromatic carbocycles. The van der Waals surface area contributed by atoms with E-state index in [4.69, 9.17) is 0 Å². The van der Waals surface area contributed by atoms with Crippen LogP contribution in [-0.2, 0) is 9.53 Å². The molecule has 0 aliphatic heterocycles. The van der Waals surface area contributed by atoms with Gasteiger partial charge < -0.3 is 9.84 Å². The van der Waals surface area contributed by atoms with Crippen LogP contribution in [0.2, 0.25) is 0 Å². The van der Waals surface area contributed by atoms with Crippen molar-refractivity contribution in [1.29, 1.82) is 0 Å². The maximum absolute atomic E-state index is 12.5. The highest BCUT2D eigenvalue weighted by molar-refractivity contribution is 5.70. The summed E-state index contributed by atoms with van der Waals surface area (Å²) in [6.07, 6.45) is -3.42. The molecule has 1 N–H and O–H groups in total. The standard InChI is InChI=1S/C11H15F5O3/c12-10(13,11(14,15)16)7-19-8(17)6-9(18)4-2-1-3-5-9/h18H,1-7H2. The second-order valence-electron chi connectivity index (χ2n) is 4.82. The smallest absolute Gasteiger partial charge is 0.456 e. The summed E-state index contributed by atoms with van der Waals surface area (Å²) in [5.41, 5.74) is -1.34. The molecule has 8 heteroatoms. The molecule has 112 valence electrons. The van der Waals surface area contributed by atoms with Crippen molar-refractivity contribution < 1.29 is 36.6 Å². The molecule has 1 aliphatic rings. The minimum atomic E-state index is -5.75. The van der Waals surface area contributed by atoms with Crippen molar-refractivity contribution in [3.05, 3.63) is 0 Å². The van der Waals surface area contributed by atoms with Crippen molar-refractivity contribution in [1.82, 2.24) is 0 Å². The zero-order valence-corrected chi connectivity index (χ0v) is 10.1. The maximum Gasteiger partial charge on any atom is 0.456 e. The van der Waals surface area contributed by atoms with E-state index in [2.05, 4.69) is 4.74 Å². The SMILES string of the molecule is O=C(CC1(O)CCCCC1)OCC(F)(F)C(F)(F)F. The lowest BCUT2D eigenvalue weighted by Crippen LogP contribution is -2.42. The summed E-state index contributed by atoms with van der Waals surface area (Å²) >= 11 is 0. The molecule has 0 aromatic rings. The van der Waals surface area contributed by atoms with E-state index in [1.807, 2.05) is 0 Å². The van der Waals surface area contributed by atoms with Crippen LogP contribution in [0.15, 0.2) is 0 Å². The minimum Gasteiger partial charge on any atom is -0.459 e. The monoisotopic (exact) mass is 290 g/mol. The molecule has 0 atom stereocenters. The third-order valence-electron chi connectivity index (χ3n) is 3.09. The fourth-order valence-electron chi connectivity index (χ4n) is 1.96. The number of esters is 1. The summed E-state index contributed by atoms with van der Waals surface area (Å²) < 4.78 is 64.4. The molecule has 1 aliphatic carbocycles. The summed E-state index contributed by atoms with van der Waals surface area (Å²) in [6, 6.07) is 0. The van der Waals surface area contributed by atoms with Gasteiger partial charge in [-0.25, -0.2) is 0 Å². The van der Waals surface area contributed by atoms with Crippen LogP contribution in [0.3, 0.4) is 0 Å². The van der Waals surface area contributed by atoms with Gasteiger partial charge in [0.1, 0.15) is 0 Å². The zero-order valence-electron chi connectivity index (χ0n) is 10.1. The van der Waals surface area contributed by atoms with E-state index in [0.717, 1.165) is 6.42 Å². The van der Waals surface area contributed by atoms with Crippen LogP contribution in [0.5, 0.6) is 0 Å². The molecule has 1 rings (SSSR count). The number of ether oxygens (including phenoxy) is 1. The van der Waals surface area contributed by atoms with Crippen molar-refractivity contribution in [3.8, 4) is 0 Å². The van der Waals surface area contributed by atoms with E-state index < -0.39 is 36.7 Å². The Kier molecular flexibility index (Phi) is 4.76. The molecule has 0 aromatic heterocycles. The molecular weight excluding hydrogens is 275 g/mol. The first-order chi connectivity index (χ1) is 8.56. The van der Waals surface area contributed by atoms with Gasteiger partial charge in [0.2, 0.25) is 0 Å². The average Bonchev–Trinajstić information content (AvgIpc) is 2.25. The van der Waals surface area contributed by atoms with Gasteiger partial charge >= 0.3 is 18.1 Å². The van der Waals surface area contributed by atoms with Crippen LogP contribution in [0.25, 0.3) is 0 Å². The van der Waals surface area contributed by atoms with Crippen molar-refractivity contribution in [2.24, 2.45) is 0 Å². The molecule has 0 saturated heterocycles. The second kappa shape index (κ2) is 5.60. The van der Waals surface area contributed by atoms with E-state index in [0.29, 0.717) is 25.7 Å². The van der Waals surface area contributed by atoms with E-state index in [-0.39, 0.29) is 0 Å². The number of halogens is 5. The Bertz CT molecular complexity index is 321. The molecule has 19 heavy (non-hydrogen) atoms. The maximum atomic E-state index is 12.5. The number of hydrogen-bond acceptors (Lipinski definition) is 3. The van der Waals surface area contributed by atoms with Crippen molar-refractivity contribution >= 4 is 5.97 Å². The number of alkyl halides is 5. The van der Waals surface area contributed by atoms with Crippen molar-refractivity contribution in [3.63, 3.8) is 0 Å². The highest BCUT2D eigenvalue weighted by atomic mass is 19.4. The summed E-state index contributed by atoms with van der Waals surface area (Å²) in [6.45, 7) is -2.05. The summed E-state index contributed by atoms with van der Waals surface area (Å²) in [4.78, 5) is 11.2. The fourth-order valence-corrected chi connectivity index (χ4v) is 1.96. The Morgan fingerprint density at radius 2 is 1.63 bits per heavy atom. The number of hydrogen-bond donors (Lipinski definition) is 1. The first-order valence-electron chi connectivity index (χ1n) is 5.88. The van der Waals surface area contributed by atoms with E-state index in [1.165, 1.54) is 0 Å². The van der Waals surface area contributed by atoms with Crippen molar-refractivity contribution in [2.75, 3.05) is 6.61 Å². The summed E-state index contributed by atoms with van der Waals surface area (Å²) in [5.74, 6) is -6.31. The lowest BCUT2D eigenvalue weighted by Gasteiger charge is -2.31. The van der Waals surface area contributed by atoms with Crippen LogP contribution in [-0.4, -0.2) is 35.4 Å². The predicted octanol–water partition coefficient (Wildman–Crippen LogP) is 2.81. The highest BCUT2D eigenvalue weighted by Gasteiger charge is 2.58. The summed E-state index contributed by atoms with van der Waals surface area (Å²) in [7, 11) is 0. The van der Waals surface area contributed by atoms with Gasteiger partial charge in [-0.3, -0.25) is 4.79 Å². The van der Waals surface area contributed by atoms with Crippen LogP contribution >= 0.6 is 0 Å². The Morgan fingerprint density at radius 3 is 2.11 bits per heavy atom. The first-order valence-corrected chi connectivity index (χ1v) is 5.88. The molecule has 0 amide bonds. The van der Waals surface area contributed by atoms with Crippen LogP contribution in [0, 0.1) is 0 Å². The van der Waals surface area contributed by atoms with E-state index in [9.17, 15) is 31.9 Å². The van der Waals surface area contributed by atoms with Crippen molar-refractivity contribution in [2.45, 2.75) is 56.2 Å². The van der Waals surface area contributed by atoms with Gasteiger partial charge in [0, 0.05) is 0 Å². The Hall–Kier alpha value is -0.920. The van der Waals surface area contributed by atoms with Crippen LogP contribution in [0.1, 0.15) is 38.5 Å².